The van der Waals surface area contributed by atoms with E-state index in [4.69, 9.17) is 9.52 Å². The number of sulfonamides is 1. The third-order valence-electron chi connectivity index (χ3n) is 3.21. The van der Waals surface area contributed by atoms with E-state index < -0.39 is 16.1 Å². The Hall–Kier alpha value is -2.42. The topological polar surface area (TPSA) is 109 Å². The second-order valence-corrected chi connectivity index (χ2v) is 7.17. The zero-order valence-corrected chi connectivity index (χ0v) is 14.5. The van der Waals surface area contributed by atoms with Crippen molar-refractivity contribution in [2.45, 2.75) is 24.5 Å². The summed E-state index contributed by atoms with van der Waals surface area (Å²) >= 11 is 0. The molecule has 1 heterocycles. The molecule has 2 rings (SSSR count). The van der Waals surface area contributed by atoms with E-state index in [1.165, 1.54) is 24.5 Å². The van der Waals surface area contributed by atoms with Crippen LogP contribution in [0.5, 0.6) is 0 Å². The van der Waals surface area contributed by atoms with Crippen LogP contribution in [0, 0.1) is 0 Å². The van der Waals surface area contributed by atoms with Crippen LogP contribution < -0.4 is 10.0 Å². The third kappa shape index (κ3) is 6.18. The summed E-state index contributed by atoms with van der Waals surface area (Å²) in [7, 11) is -3.64. The molecule has 0 saturated carbocycles. The van der Waals surface area contributed by atoms with Crippen molar-refractivity contribution in [3.8, 4) is 0 Å². The Morgan fingerprint density at radius 1 is 1.28 bits per heavy atom. The normalized spacial score (nSPS) is 13.0. The second-order valence-electron chi connectivity index (χ2n) is 5.40. The van der Waals surface area contributed by atoms with Crippen LogP contribution in [-0.2, 0) is 21.4 Å². The largest absolute Gasteiger partial charge is 0.468 e. The van der Waals surface area contributed by atoms with Crippen LogP contribution in [0.4, 0.5) is 0 Å². The van der Waals surface area contributed by atoms with E-state index in [-0.39, 0.29) is 23.9 Å². The van der Waals surface area contributed by atoms with Gasteiger partial charge in [0.25, 0.3) is 0 Å². The summed E-state index contributed by atoms with van der Waals surface area (Å²) in [6.45, 7) is 1.81. The first-order chi connectivity index (χ1) is 11.9. The first kappa shape index (κ1) is 18.9. The van der Waals surface area contributed by atoms with E-state index in [2.05, 4.69) is 10.0 Å². The lowest BCUT2D eigenvalue weighted by molar-refractivity contribution is -0.116. The van der Waals surface area contributed by atoms with Crippen molar-refractivity contribution >= 4 is 22.0 Å². The summed E-state index contributed by atoms with van der Waals surface area (Å²) in [5.41, 5.74) is 0.678. The van der Waals surface area contributed by atoms with E-state index in [0.717, 1.165) is 0 Å². The van der Waals surface area contributed by atoms with Crippen molar-refractivity contribution in [3.63, 3.8) is 0 Å². The molecule has 1 aromatic heterocycles. The molecule has 2 aromatic rings. The fraction of sp³-hybridized carbons (Fsp3) is 0.235. The molecule has 1 aromatic carbocycles. The van der Waals surface area contributed by atoms with Gasteiger partial charge in [0.1, 0.15) is 5.76 Å². The molecule has 0 spiro atoms. The minimum absolute atomic E-state index is 0.0699. The average molecular weight is 364 g/mol. The number of amides is 1. The Morgan fingerprint density at radius 2 is 2.00 bits per heavy atom. The minimum Gasteiger partial charge on any atom is -0.468 e. The number of hydrogen-bond acceptors (Lipinski definition) is 5. The van der Waals surface area contributed by atoms with Gasteiger partial charge in [-0.3, -0.25) is 4.79 Å². The fourth-order valence-corrected chi connectivity index (χ4v) is 2.89. The Morgan fingerprint density at radius 3 is 2.60 bits per heavy atom. The van der Waals surface area contributed by atoms with Crippen molar-refractivity contribution < 1.29 is 22.7 Å². The van der Waals surface area contributed by atoms with Gasteiger partial charge in [-0.05, 0) is 42.8 Å². The number of benzene rings is 1. The SMILES string of the molecule is CC(O)CNC(=O)/C=C/c1ccc(S(=O)(=O)NCc2ccco2)cc1. The van der Waals surface area contributed by atoms with Gasteiger partial charge in [-0.25, -0.2) is 13.1 Å². The molecule has 0 saturated heterocycles. The van der Waals surface area contributed by atoms with Gasteiger partial charge in [0, 0.05) is 12.6 Å². The number of nitrogens with one attached hydrogen (secondary N) is 2. The van der Waals surface area contributed by atoms with Crippen molar-refractivity contribution in [1.29, 1.82) is 0 Å². The van der Waals surface area contributed by atoms with Gasteiger partial charge in [-0.1, -0.05) is 12.1 Å². The van der Waals surface area contributed by atoms with Gasteiger partial charge in [-0.2, -0.15) is 0 Å². The maximum absolute atomic E-state index is 12.2. The van der Waals surface area contributed by atoms with Crippen LogP contribution in [0.2, 0.25) is 0 Å². The first-order valence-electron chi connectivity index (χ1n) is 7.63. The Kier molecular flexibility index (Phi) is 6.51. The number of rotatable bonds is 8. The smallest absolute Gasteiger partial charge is 0.244 e. The van der Waals surface area contributed by atoms with Gasteiger partial charge in [0.2, 0.25) is 15.9 Å². The van der Waals surface area contributed by atoms with Gasteiger partial charge in [0.05, 0.1) is 23.8 Å². The molecular weight excluding hydrogens is 344 g/mol. The predicted octanol–water partition coefficient (Wildman–Crippen LogP) is 1.27. The lowest BCUT2D eigenvalue weighted by Crippen LogP contribution is -2.28. The summed E-state index contributed by atoms with van der Waals surface area (Å²) in [6.07, 6.45) is 3.74. The van der Waals surface area contributed by atoms with Crippen LogP contribution in [0.15, 0.2) is 58.1 Å². The second kappa shape index (κ2) is 8.61. The minimum atomic E-state index is -3.64. The quantitative estimate of drug-likeness (QED) is 0.611. The molecule has 134 valence electrons. The Balaban J connectivity index is 1.95. The molecule has 0 radical (unpaired) electrons. The summed E-state index contributed by atoms with van der Waals surface area (Å²) in [6, 6.07) is 9.47. The van der Waals surface area contributed by atoms with Crippen molar-refractivity contribution in [2.24, 2.45) is 0 Å². The van der Waals surface area contributed by atoms with Crippen LogP contribution in [0.25, 0.3) is 6.08 Å². The standard InChI is InChI=1S/C17H20N2O5S/c1-13(20)11-18-17(21)9-6-14-4-7-16(8-5-14)25(22,23)19-12-15-3-2-10-24-15/h2-10,13,19-20H,11-12H2,1H3,(H,18,21)/b9-6+. The molecule has 0 bridgehead atoms. The summed E-state index contributed by atoms with van der Waals surface area (Å²) < 4.78 is 31.9. The lowest BCUT2D eigenvalue weighted by atomic mass is 10.2. The summed E-state index contributed by atoms with van der Waals surface area (Å²) in [4.78, 5) is 11.6. The Bertz CT molecular complexity index is 809. The Labute approximate surface area is 146 Å². The summed E-state index contributed by atoms with van der Waals surface area (Å²) in [5.74, 6) is 0.184. The first-order valence-corrected chi connectivity index (χ1v) is 9.11. The molecule has 1 amide bonds. The number of aliphatic hydroxyl groups excluding tert-OH is 1. The molecule has 0 aliphatic rings. The van der Waals surface area contributed by atoms with Gasteiger partial charge < -0.3 is 14.8 Å². The highest BCUT2D eigenvalue weighted by Gasteiger charge is 2.13. The maximum Gasteiger partial charge on any atom is 0.244 e. The monoisotopic (exact) mass is 364 g/mol. The highest BCUT2D eigenvalue weighted by molar-refractivity contribution is 7.89. The molecule has 3 N–H and O–H groups in total. The number of aliphatic hydroxyl groups is 1. The molecule has 0 fully saturated rings. The zero-order chi connectivity index (χ0) is 18.3. The molecule has 0 aliphatic carbocycles. The van der Waals surface area contributed by atoms with Crippen LogP contribution in [0.1, 0.15) is 18.2 Å². The van der Waals surface area contributed by atoms with Gasteiger partial charge in [0.15, 0.2) is 0 Å². The number of hydrogen-bond donors (Lipinski definition) is 3. The molecule has 1 unspecified atom stereocenters. The number of carbonyl (C=O) groups excluding carboxylic acids is 1. The van der Waals surface area contributed by atoms with Crippen LogP contribution in [-0.4, -0.2) is 32.1 Å². The van der Waals surface area contributed by atoms with Crippen molar-refractivity contribution in [1.82, 2.24) is 10.0 Å². The third-order valence-corrected chi connectivity index (χ3v) is 4.62. The van der Waals surface area contributed by atoms with Crippen molar-refractivity contribution in [3.05, 3.63) is 60.1 Å². The maximum atomic E-state index is 12.2. The molecule has 8 heteroatoms. The molecule has 7 nitrogen and oxygen atoms in total. The average Bonchev–Trinajstić information content (AvgIpc) is 3.10. The molecule has 25 heavy (non-hydrogen) atoms. The van der Waals surface area contributed by atoms with Gasteiger partial charge in [-0.15, -0.1) is 0 Å². The molecule has 1 atom stereocenters. The van der Waals surface area contributed by atoms with Crippen molar-refractivity contribution in [2.75, 3.05) is 6.54 Å². The fourth-order valence-electron chi connectivity index (χ4n) is 1.90. The van der Waals surface area contributed by atoms with E-state index in [0.29, 0.717) is 11.3 Å². The highest BCUT2D eigenvalue weighted by atomic mass is 32.2. The van der Waals surface area contributed by atoms with E-state index >= 15 is 0 Å². The van der Waals surface area contributed by atoms with Gasteiger partial charge >= 0.3 is 0 Å². The van der Waals surface area contributed by atoms with Crippen LogP contribution in [0.3, 0.4) is 0 Å². The number of carbonyl (C=O) groups is 1. The summed E-state index contributed by atoms with van der Waals surface area (Å²) in [5, 5.41) is 11.6. The predicted molar refractivity (Wildman–Crippen MR) is 92.9 cm³/mol. The van der Waals surface area contributed by atoms with E-state index in [1.54, 1.807) is 37.3 Å². The molecular formula is C17H20N2O5S. The van der Waals surface area contributed by atoms with Crippen LogP contribution >= 0.6 is 0 Å². The lowest BCUT2D eigenvalue weighted by Gasteiger charge is -2.06. The zero-order valence-electron chi connectivity index (χ0n) is 13.7. The molecule has 0 aliphatic heterocycles. The number of furan rings is 1. The highest BCUT2D eigenvalue weighted by Crippen LogP contribution is 2.12. The van der Waals surface area contributed by atoms with E-state index in [1.807, 2.05) is 0 Å². The van der Waals surface area contributed by atoms with E-state index in [9.17, 15) is 13.2 Å².